The average molecular weight is 477 g/mol. The minimum Gasteiger partial charge on any atom is -0.453 e. The Labute approximate surface area is 212 Å². The molecule has 172 valence electrons. The SMILES string of the molecule is [C-]#[N+]/C(C#N)=C1\C(=C\c2cc3c4c(c2)Oc2ccccc2N4c2ccccc2O3)C(=O)c2ccccc21. The van der Waals surface area contributed by atoms with Crippen LogP contribution in [0.3, 0.4) is 0 Å². The van der Waals surface area contributed by atoms with Crippen molar-refractivity contribution in [1.29, 1.82) is 5.26 Å². The van der Waals surface area contributed by atoms with Crippen LogP contribution in [0.5, 0.6) is 23.0 Å². The molecule has 1 aliphatic carbocycles. The van der Waals surface area contributed by atoms with E-state index in [-0.39, 0.29) is 11.5 Å². The molecule has 0 saturated heterocycles. The molecule has 0 aromatic heterocycles. The number of carbonyl (C=O) groups excluding carboxylic acids is 1. The number of ketones is 1. The standard InChI is InChI=1S/C31H15N3O3/c1-33-22(17-32)29-19-8-2-3-9-20(19)31(35)21(29)14-18-15-27-30-28(16-18)37-26-13-7-5-11-24(26)34(30)23-10-4-6-12-25(23)36-27/h2-16H/b21-14-,29-22-. The number of anilines is 3. The molecular formula is C31H15N3O3. The molecule has 4 aromatic carbocycles. The van der Waals surface area contributed by atoms with Crippen molar-refractivity contribution in [2.24, 2.45) is 0 Å². The van der Waals surface area contributed by atoms with Crippen LogP contribution in [0, 0.1) is 17.9 Å². The summed E-state index contributed by atoms with van der Waals surface area (Å²) in [7, 11) is 0. The Morgan fingerprint density at radius 3 is 2.00 bits per heavy atom. The van der Waals surface area contributed by atoms with Gasteiger partial charge in [-0.1, -0.05) is 48.5 Å². The van der Waals surface area contributed by atoms with Gasteiger partial charge in [-0.05, 0) is 53.6 Å². The van der Waals surface area contributed by atoms with Crippen molar-refractivity contribution in [3.8, 4) is 29.1 Å². The monoisotopic (exact) mass is 477 g/mol. The molecule has 0 atom stereocenters. The Morgan fingerprint density at radius 2 is 1.41 bits per heavy atom. The van der Waals surface area contributed by atoms with Crippen molar-refractivity contribution in [2.75, 3.05) is 4.90 Å². The molecule has 2 aliphatic heterocycles. The molecule has 0 fully saturated rings. The van der Waals surface area contributed by atoms with E-state index in [4.69, 9.17) is 16.0 Å². The van der Waals surface area contributed by atoms with Gasteiger partial charge in [-0.25, -0.2) is 10.1 Å². The summed E-state index contributed by atoms with van der Waals surface area (Å²) in [6.45, 7) is 7.52. The number of benzene rings is 4. The molecule has 0 N–H and O–H groups in total. The molecule has 4 aromatic rings. The molecule has 0 radical (unpaired) electrons. The third-order valence-electron chi connectivity index (χ3n) is 6.66. The van der Waals surface area contributed by atoms with Crippen molar-refractivity contribution < 1.29 is 14.3 Å². The van der Waals surface area contributed by atoms with Crippen LogP contribution in [-0.2, 0) is 0 Å². The lowest BCUT2D eigenvalue weighted by molar-refractivity contribution is 0.104. The number of carbonyl (C=O) groups is 1. The molecular weight excluding hydrogens is 462 g/mol. The van der Waals surface area contributed by atoms with Gasteiger partial charge in [0.05, 0.1) is 24.0 Å². The second kappa shape index (κ2) is 7.71. The van der Waals surface area contributed by atoms with Crippen LogP contribution in [0.15, 0.2) is 96.2 Å². The van der Waals surface area contributed by atoms with E-state index >= 15 is 0 Å². The van der Waals surface area contributed by atoms with E-state index in [9.17, 15) is 10.1 Å². The molecule has 0 bridgehead atoms. The number of nitriles is 1. The number of para-hydroxylation sites is 4. The first-order valence-electron chi connectivity index (χ1n) is 11.6. The quantitative estimate of drug-likeness (QED) is 0.137. The number of Topliss-reactive ketones (excluding diaryl/α,β-unsaturated/α-hetero) is 1. The minimum absolute atomic E-state index is 0.120. The van der Waals surface area contributed by atoms with Gasteiger partial charge in [-0.3, -0.25) is 9.69 Å². The van der Waals surface area contributed by atoms with Crippen molar-refractivity contribution in [3.63, 3.8) is 0 Å². The molecule has 6 heteroatoms. The van der Waals surface area contributed by atoms with Gasteiger partial charge in [0.1, 0.15) is 5.69 Å². The third kappa shape index (κ3) is 2.94. The summed E-state index contributed by atoms with van der Waals surface area (Å²) in [5.41, 5.74) is 4.83. The predicted octanol–water partition coefficient (Wildman–Crippen LogP) is 7.80. The Morgan fingerprint density at radius 1 is 0.838 bits per heavy atom. The van der Waals surface area contributed by atoms with Crippen LogP contribution >= 0.6 is 0 Å². The number of allylic oxidation sites excluding steroid dienone is 3. The lowest BCUT2D eigenvalue weighted by Crippen LogP contribution is -2.20. The molecule has 0 saturated carbocycles. The molecule has 6 nitrogen and oxygen atoms in total. The van der Waals surface area contributed by atoms with Gasteiger partial charge in [0.2, 0.25) is 0 Å². The lowest BCUT2D eigenvalue weighted by Gasteiger charge is -2.38. The van der Waals surface area contributed by atoms with E-state index in [0.29, 0.717) is 50.8 Å². The summed E-state index contributed by atoms with van der Waals surface area (Å²) < 4.78 is 12.6. The Hall–Kier alpha value is -5.59. The van der Waals surface area contributed by atoms with E-state index in [0.717, 1.165) is 17.1 Å². The summed E-state index contributed by atoms with van der Waals surface area (Å²) in [5.74, 6) is 2.33. The molecule has 37 heavy (non-hydrogen) atoms. The smallest absolute Gasteiger partial charge is 0.270 e. The second-order valence-corrected chi connectivity index (χ2v) is 8.72. The van der Waals surface area contributed by atoms with Gasteiger partial charge < -0.3 is 9.47 Å². The Balaban J connectivity index is 1.45. The summed E-state index contributed by atoms with van der Waals surface area (Å²) in [4.78, 5) is 18.9. The summed E-state index contributed by atoms with van der Waals surface area (Å²) >= 11 is 0. The first-order valence-corrected chi connectivity index (χ1v) is 11.6. The maximum atomic E-state index is 13.4. The zero-order valence-electron chi connectivity index (χ0n) is 19.2. The predicted molar refractivity (Wildman–Crippen MR) is 139 cm³/mol. The molecule has 0 unspecified atom stereocenters. The molecule has 0 spiro atoms. The number of hydrogen-bond donors (Lipinski definition) is 0. The maximum Gasteiger partial charge on any atom is 0.270 e. The number of hydrogen-bond acceptors (Lipinski definition) is 5. The van der Waals surface area contributed by atoms with E-state index in [2.05, 4.69) is 9.74 Å². The topological polar surface area (TPSA) is 66.9 Å². The molecule has 3 aliphatic rings. The van der Waals surface area contributed by atoms with Gasteiger partial charge in [-0.2, -0.15) is 0 Å². The fraction of sp³-hybridized carbons (Fsp3) is 0. The fourth-order valence-corrected chi connectivity index (χ4v) is 5.13. The van der Waals surface area contributed by atoms with Crippen LogP contribution < -0.4 is 14.4 Å². The van der Waals surface area contributed by atoms with Gasteiger partial charge in [0, 0.05) is 16.7 Å². The highest BCUT2D eigenvalue weighted by atomic mass is 16.5. The van der Waals surface area contributed by atoms with Crippen molar-refractivity contribution >= 4 is 34.5 Å². The summed E-state index contributed by atoms with van der Waals surface area (Å²) in [6, 6.07) is 28.3. The molecule has 7 rings (SSSR count). The van der Waals surface area contributed by atoms with E-state index in [1.54, 1.807) is 30.3 Å². The van der Waals surface area contributed by atoms with Crippen LogP contribution in [0.2, 0.25) is 0 Å². The Bertz CT molecular complexity index is 1750. The highest BCUT2D eigenvalue weighted by molar-refractivity contribution is 6.29. The molecule has 2 heterocycles. The van der Waals surface area contributed by atoms with Gasteiger partial charge in [0.15, 0.2) is 28.8 Å². The zero-order chi connectivity index (χ0) is 25.1. The van der Waals surface area contributed by atoms with E-state index < -0.39 is 0 Å². The number of fused-ring (bicyclic) bond motifs is 5. The second-order valence-electron chi connectivity index (χ2n) is 8.72. The van der Waals surface area contributed by atoms with Crippen LogP contribution in [0.1, 0.15) is 21.5 Å². The fourth-order valence-electron chi connectivity index (χ4n) is 5.13. The zero-order valence-corrected chi connectivity index (χ0v) is 19.2. The molecule has 0 amide bonds. The normalized spacial score (nSPS) is 16.3. The lowest BCUT2D eigenvalue weighted by atomic mass is 9.99. The number of rotatable bonds is 1. The van der Waals surface area contributed by atoms with Crippen molar-refractivity contribution in [1.82, 2.24) is 0 Å². The average Bonchev–Trinajstić information content (AvgIpc) is 3.20. The van der Waals surface area contributed by atoms with Crippen molar-refractivity contribution in [2.45, 2.75) is 0 Å². The van der Waals surface area contributed by atoms with Crippen LogP contribution in [0.25, 0.3) is 16.5 Å². The van der Waals surface area contributed by atoms with E-state index in [1.165, 1.54) is 0 Å². The highest BCUT2D eigenvalue weighted by Crippen LogP contribution is 2.59. The Kier molecular flexibility index (Phi) is 4.32. The largest absolute Gasteiger partial charge is 0.453 e. The summed E-state index contributed by atoms with van der Waals surface area (Å²) in [5, 5.41) is 9.64. The van der Waals surface area contributed by atoms with Gasteiger partial charge in [-0.15, -0.1) is 0 Å². The van der Waals surface area contributed by atoms with Crippen LogP contribution in [0.4, 0.5) is 17.1 Å². The van der Waals surface area contributed by atoms with Gasteiger partial charge >= 0.3 is 0 Å². The summed E-state index contributed by atoms with van der Waals surface area (Å²) in [6.07, 6.45) is 1.70. The third-order valence-corrected chi connectivity index (χ3v) is 6.66. The van der Waals surface area contributed by atoms with Crippen molar-refractivity contribution in [3.05, 3.63) is 124 Å². The van der Waals surface area contributed by atoms with E-state index in [1.807, 2.05) is 66.7 Å². The minimum atomic E-state index is -0.229. The number of ether oxygens (including phenoxy) is 2. The first kappa shape index (κ1) is 20.8. The maximum absolute atomic E-state index is 13.4. The van der Waals surface area contributed by atoms with Crippen LogP contribution in [-0.4, -0.2) is 5.78 Å². The van der Waals surface area contributed by atoms with Gasteiger partial charge in [0.25, 0.3) is 5.70 Å². The number of nitrogens with zero attached hydrogens (tertiary/aromatic N) is 3. The highest BCUT2D eigenvalue weighted by Gasteiger charge is 2.36. The first-order chi connectivity index (χ1) is 18.2.